The van der Waals surface area contributed by atoms with Crippen molar-refractivity contribution >= 4 is 5.97 Å². The Morgan fingerprint density at radius 1 is 1.29 bits per heavy atom. The van der Waals surface area contributed by atoms with Gasteiger partial charge in [-0.1, -0.05) is 20.3 Å². The fourth-order valence-electron chi connectivity index (χ4n) is 2.19. The van der Waals surface area contributed by atoms with E-state index >= 15 is 0 Å². The zero-order chi connectivity index (χ0) is 10.6. The average molecular weight is 199 g/mol. The first-order chi connectivity index (χ1) is 6.49. The molecule has 1 rings (SSSR count). The summed E-state index contributed by atoms with van der Waals surface area (Å²) in [4.78, 5) is 13.0. The van der Waals surface area contributed by atoms with Crippen molar-refractivity contribution < 1.29 is 9.90 Å². The normalized spacial score (nSPS) is 19.6. The van der Waals surface area contributed by atoms with E-state index in [1.165, 1.54) is 19.3 Å². The number of rotatable bonds is 4. The molecule has 0 atom stereocenters. The molecule has 0 aromatic rings. The first-order valence-corrected chi connectivity index (χ1v) is 5.44. The Morgan fingerprint density at radius 3 is 2.36 bits per heavy atom. The first kappa shape index (κ1) is 11.5. The molecule has 0 spiro atoms. The van der Waals surface area contributed by atoms with Crippen molar-refractivity contribution in [1.82, 2.24) is 4.90 Å². The molecule has 1 heterocycles. The Labute approximate surface area is 86.1 Å². The van der Waals surface area contributed by atoms with Crippen LogP contribution in [0.1, 0.15) is 39.5 Å². The minimum atomic E-state index is -0.688. The number of hydrogen-bond donors (Lipinski definition) is 1. The van der Waals surface area contributed by atoms with Gasteiger partial charge in [0.25, 0.3) is 0 Å². The molecule has 14 heavy (non-hydrogen) atoms. The van der Waals surface area contributed by atoms with Crippen molar-refractivity contribution in [3.05, 3.63) is 0 Å². The van der Waals surface area contributed by atoms with Gasteiger partial charge in [-0.25, -0.2) is 0 Å². The van der Waals surface area contributed by atoms with Gasteiger partial charge in [-0.2, -0.15) is 0 Å². The number of carboxylic acid groups (broad SMARTS) is 1. The van der Waals surface area contributed by atoms with Crippen molar-refractivity contribution in [1.29, 1.82) is 0 Å². The highest BCUT2D eigenvalue weighted by atomic mass is 16.4. The minimum Gasteiger partial charge on any atom is -0.481 e. The van der Waals surface area contributed by atoms with E-state index in [4.69, 9.17) is 5.11 Å². The molecule has 0 unspecified atom stereocenters. The van der Waals surface area contributed by atoms with Gasteiger partial charge in [-0.05, 0) is 31.3 Å². The second-order valence-corrected chi connectivity index (χ2v) is 5.07. The van der Waals surface area contributed by atoms with E-state index in [0.29, 0.717) is 0 Å². The van der Waals surface area contributed by atoms with Gasteiger partial charge in [0.05, 0.1) is 6.42 Å². The second-order valence-electron chi connectivity index (χ2n) is 5.07. The molecule has 82 valence electrons. The molecular weight excluding hydrogens is 178 g/mol. The maximum Gasteiger partial charge on any atom is 0.303 e. The lowest BCUT2D eigenvalue weighted by Crippen LogP contribution is -2.38. The molecule has 1 fully saturated rings. The van der Waals surface area contributed by atoms with Crippen molar-refractivity contribution in [3.63, 3.8) is 0 Å². The van der Waals surface area contributed by atoms with Crippen LogP contribution in [0.3, 0.4) is 0 Å². The molecule has 1 saturated heterocycles. The number of likely N-dealkylation sites (tertiary alicyclic amines) is 1. The highest BCUT2D eigenvalue weighted by molar-refractivity contribution is 5.67. The number of hydrogen-bond acceptors (Lipinski definition) is 2. The lowest BCUT2D eigenvalue weighted by Gasteiger charge is -2.34. The highest BCUT2D eigenvalue weighted by Gasteiger charge is 2.25. The van der Waals surface area contributed by atoms with Gasteiger partial charge in [0.2, 0.25) is 0 Å². The monoisotopic (exact) mass is 199 g/mol. The van der Waals surface area contributed by atoms with Gasteiger partial charge in [0.15, 0.2) is 0 Å². The Hall–Kier alpha value is -0.570. The van der Waals surface area contributed by atoms with E-state index in [-0.39, 0.29) is 11.8 Å². The zero-order valence-electron chi connectivity index (χ0n) is 9.25. The largest absolute Gasteiger partial charge is 0.481 e. The Bertz CT molecular complexity index is 195. The summed E-state index contributed by atoms with van der Waals surface area (Å²) in [6.45, 7) is 7.27. The summed E-state index contributed by atoms with van der Waals surface area (Å²) in [6, 6.07) is 0. The molecule has 3 nitrogen and oxygen atoms in total. The number of carbonyl (C=O) groups is 1. The quantitative estimate of drug-likeness (QED) is 0.752. The predicted molar refractivity (Wildman–Crippen MR) is 56.3 cm³/mol. The van der Waals surface area contributed by atoms with Crippen LogP contribution in [0.15, 0.2) is 0 Å². The summed E-state index contributed by atoms with van der Waals surface area (Å²) in [5, 5.41) is 8.76. The van der Waals surface area contributed by atoms with Crippen molar-refractivity contribution in [2.45, 2.75) is 39.5 Å². The van der Waals surface area contributed by atoms with E-state index in [0.717, 1.165) is 19.6 Å². The van der Waals surface area contributed by atoms with E-state index in [9.17, 15) is 4.79 Å². The molecule has 1 aliphatic heterocycles. The third-order valence-corrected chi connectivity index (χ3v) is 2.73. The summed E-state index contributed by atoms with van der Waals surface area (Å²) in [7, 11) is 0. The predicted octanol–water partition coefficient (Wildman–Crippen LogP) is 1.97. The second kappa shape index (κ2) is 4.78. The summed E-state index contributed by atoms with van der Waals surface area (Å²) in [5.41, 5.74) is -0.0941. The van der Waals surface area contributed by atoms with Crippen molar-refractivity contribution in [3.8, 4) is 0 Å². The molecule has 0 aromatic carbocycles. The van der Waals surface area contributed by atoms with Gasteiger partial charge >= 0.3 is 5.97 Å². The zero-order valence-corrected chi connectivity index (χ0v) is 9.25. The summed E-state index contributed by atoms with van der Waals surface area (Å²) < 4.78 is 0. The van der Waals surface area contributed by atoms with Crippen LogP contribution >= 0.6 is 0 Å². The standard InChI is InChI=1S/C11H21NO2/c1-11(2,8-10(13)14)9-12-6-4-3-5-7-12/h3-9H2,1-2H3,(H,13,14). The summed E-state index contributed by atoms with van der Waals surface area (Å²) >= 11 is 0. The molecule has 1 N–H and O–H groups in total. The number of carboxylic acids is 1. The summed E-state index contributed by atoms with van der Waals surface area (Å²) in [5.74, 6) is -0.688. The van der Waals surface area contributed by atoms with Gasteiger partial charge in [-0.3, -0.25) is 4.79 Å². The molecule has 3 heteroatoms. The van der Waals surface area contributed by atoms with Crippen molar-refractivity contribution in [2.24, 2.45) is 5.41 Å². The number of piperidine rings is 1. The third-order valence-electron chi connectivity index (χ3n) is 2.73. The lowest BCUT2D eigenvalue weighted by atomic mass is 9.88. The van der Waals surface area contributed by atoms with Crippen LogP contribution in [0.25, 0.3) is 0 Å². The van der Waals surface area contributed by atoms with Crippen molar-refractivity contribution in [2.75, 3.05) is 19.6 Å². The smallest absolute Gasteiger partial charge is 0.303 e. The van der Waals surface area contributed by atoms with Gasteiger partial charge < -0.3 is 10.0 Å². The topological polar surface area (TPSA) is 40.5 Å². The van der Waals surface area contributed by atoms with Crippen LogP contribution in [-0.4, -0.2) is 35.6 Å². The Balaban J connectivity index is 2.36. The van der Waals surface area contributed by atoms with E-state index in [1.54, 1.807) is 0 Å². The van der Waals surface area contributed by atoms with Gasteiger partial charge in [-0.15, -0.1) is 0 Å². The van der Waals surface area contributed by atoms with Crippen LogP contribution in [0.2, 0.25) is 0 Å². The number of aliphatic carboxylic acids is 1. The molecule has 0 aliphatic carbocycles. The molecule has 0 aromatic heterocycles. The minimum absolute atomic E-state index is 0.0941. The van der Waals surface area contributed by atoms with Crippen LogP contribution in [-0.2, 0) is 4.79 Å². The SMILES string of the molecule is CC(C)(CC(=O)O)CN1CCCCC1. The van der Waals surface area contributed by atoms with Gasteiger partial charge in [0, 0.05) is 6.54 Å². The fourth-order valence-corrected chi connectivity index (χ4v) is 2.19. The lowest BCUT2D eigenvalue weighted by molar-refractivity contribution is -0.139. The first-order valence-electron chi connectivity index (χ1n) is 5.44. The fraction of sp³-hybridized carbons (Fsp3) is 0.909. The maximum absolute atomic E-state index is 10.6. The molecule has 1 aliphatic rings. The van der Waals surface area contributed by atoms with E-state index < -0.39 is 5.97 Å². The van der Waals surface area contributed by atoms with Crippen LogP contribution in [0.5, 0.6) is 0 Å². The molecule has 0 amide bonds. The average Bonchev–Trinajstić information content (AvgIpc) is 2.02. The molecule has 0 saturated carbocycles. The number of nitrogens with zero attached hydrogens (tertiary/aromatic N) is 1. The van der Waals surface area contributed by atoms with Crippen LogP contribution in [0, 0.1) is 5.41 Å². The van der Waals surface area contributed by atoms with Crippen LogP contribution < -0.4 is 0 Å². The Morgan fingerprint density at radius 2 is 1.86 bits per heavy atom. The summed E-state index contributed by atoms with van der Waals surface area (Å²) in [6.07, 6.45) is 4.13. The highest BCUT2D eigenvalue weighted by Crippen LogP contribution is 2.23. The molecule has 0 radical (unpaired) electrons. The van der Waals surface area contributed by atoms with Crippen LogP contribution in [0.4, 0.5) is 0 Å². The molecule has 0 bridgehead atoms. The maximum atomic E-state index is 10.6. The van der Waals surface area contributed by atoms with Gasteiger partial charge in [0.1, 0.15) is 0 Å². The molecular formula is C11H21NO2. The third kappa shape index (κ3) is 4.09. The Kier molecular flexibility index (Phi) is 3.93. The van der Waals surface area contributed by atoms with E-state index in [1.807, 2.05) is 13.8 Å². The van der Waals surface area contributed by atoms with E-state index in [2.05, 4.69) is 4.90 Å².